The topological polar surface area (TPSA) is 105 Å². The van der Waals surface area contributed by atoms with Gasteiger partial charge in [0.25, 0.3) is 0 Å². The average molecular weight is 339 g/mol. The molecule has 0 rings (SSSR count). The highest BCUT2D eigenvalue weighted by atomic mass is 31.2. The van der Waals surface area contributed by atoms with E-state index in [-0.39, 0.29) is 19.1 Å². The maximum absolute atomic E-state index is 11.8. The zero-order chi connectivity index (χ0) is 17.4. The second kappa shape index (κ2) is 9.39. The number of nitrogens with one attached hydrogen (secondary N) is 1. The van der Waals surface area contributed by atoms with Crippen molar-refractivity contribution in [3.05, 3.63) is 12.2 Å². The zero-order valence-electron chi connectivity index (χ0n) is 13.9. The van der Waals surface area contributed by atoms with Gasteiger partial charge in [-0.1, -0.05) is 12.2 Å². The molecule has 1 amide bonds. The van der Waals surface area contributed by atoms with E-state index in [2.05, 4.69) is 5.32 Å². The van der Waals surface area contributed by atoms with Crippen molar-refractivity contribution < 1.29 is 32.9 Å². The molecule has 22 heavy (non-hydrogen) atoms. The van der Waals surface area contributed by atoms with Gasteiger partial charge in [-0.3, -0.25) is 13.8 Å². The minimum atomic E-state index is -4.23. The molecule has 1 unspecified atom stereocenters. The molecule has 0 aromatic rings. The molecule has 0 heterocycles. The number of hydrogen-bond donors (Lipinski definition) is 3. The molecule has 0 bridgehead atoms. The first-order valence-electron chi connectivity index (χ1n) is 6.97. The zero-order valence-corrected chi connectivity index (χ0v) is 14.7. The summed E-state index contributed by atoms with van der Waals surface area (Å²) in [5, 5.41) is 12.3. The number of allylic oxidation sites excluding steroid dienone is 1. The number of rotatable bonds is 10. The molecule has 9 heteroatoms. The van der Waals surface area contributed by atoms with Crippen molar-refractivity contribution in [3.8, 4) is 0 Å². The normalized spacial score (nSPS) is 18.0. The fourth-order valence-corrected chi connectivity index (χ4v) is 2.20. The Bertz CT molecular complexity index is 421. The summed E-state index contributed by atoms with van der Waals surface area (Å²) in [6.07, 6.45) is 2.03. The number of aliphatic hydroxyl groups excluding tert-OH is 1. The quantitative estimate of drug-likeness (QED) is 0.300. The van der Waals surface area contributed by atoms with Crippen molar-refractivity contribution in [1.29, 1.82) is 0 Å². The molecule has 0 aliphatic rings. The summed E-state index contributed by atoms with van der Waals surface area (Å²) in [5.41, 5.74) is 0. The van der Waals surface area contributed by atoms with Gasteiger partial charge >= 0.3 is 7.82 Å². The van der Waals surface area contributed by atoms with Gasteiger partial charge in [0.2, 0.25) is 5.91 Å². The van der Waals surface area contributed by atoms with Crippen molar-refractivity contribution in [2.24, 2.45) is 0 Å². The third-order valence-corrected chi connectivity index (χ3v) is 3.61. The van der Waals surface area contributed by atoms with Crippen LogP contribution in [0.2, 0.25) is 0 Å². The van der Waals surface area contributed by atoms with E-state index in [1.165, 1.54) is 13.0 Å². The van der Waals surface area contributed by atoms with Crippen LogP contribution in [0.1, 0.15) is 13.8 Å². The number of hydrogen-bond acceptors (Lipinski definition) is 5. The lowest BCUT2D eigenvalue weighted by molar-refractivity contribution is -0.870. The molecule has 3 atom stereocenters. The Morgan fingerprint density at radius 1 is 1.36 bits per heavy atom. The number of amides is 1. The number of carbonyl (C=O) groups is 1. The van der Waals surface area contributed by atoms with E-state index in [0.29, 0.717) is 11.0 Å². The molecule has 8 nitrogen and oxygen atoms in total. The van der Waals surface area contributed by atoms with E-state index in [1.54, 1.807) is 13.0 Å². The summed E-state index contributed by atoms with van der Waals surface area (Å²) in [4.78, 5) is 20.7. The lowest BCUT2D eigenvalue weighted by atomic mass is 10.1. The summed E-state index contributed by atoms with van der Waals surface area (Å²) in [6.45, 7) is 3.23. The number of nitrogens with zero attached hydrogens (tertiary/aromatic N) is 1. The van der Waals surface area contributed by atoms with Gasteiger partial charge in [0.05, 0.1) is 39.9 Å². The maximum Gasteiger partial charge on any atom is 0.472 e. The summed E-state index contributed by atoms with van der Waals surface area (Å²) >= 11 is 0. The van der Waals surface area contributed by atoms with Crippen LogP contribution in [0.4, 0.5) is 0 Å². The van der Waals surface area contributed by atoms with Crippen molar-refractivity contribution in [1.82, 2.24) is 5.32 Å². The Morgan fingerprint density at radius 3 is 2.41 bits per heavy atom. The molecule has 0 aromatic heterocycles. The predicted molar refractivity (Wildman–Crippen MR) is 83.1 cm³/mol. The summed E-state index contributed by atoms with van der Waals surface area (Å²) in [6, 6.07) is -0.837. The van der Waals surface area contributed by atoms with Gasteiger partial charge < -0.3 is 19.8 Å². The number of aliphatic hydroxyl groups is 1. The highest BCUT2D eigenvalue weighted by Crippen LogP contribution is 2.43. The number of phosphoric ester groups is 1. The number of quaternary nitrogens is 1. The summed E-state index contributed by atoms with van der Waals surface area (Å²) in [5.74, 6) is -0.379. The van der Waals surface area contributed by atoms with Gasteiger partial charge in [0.15, 0.2) is 0 Å². The van der Waals surface area contributed by atoms with Crippen molar-refractivity contribution in [2.75, 3.05) is 40.9 Å². The number of likely N-dealkylation sites (N-methyl/N-ethyl adjacent to an activating group) is 1. The van der Waals surface area contributed by atoms with Crippen LogP contribution in [0.25, 0.3) is 0 Å². The molecular weight excluding hydrogens is 311 g/mol. The fourth-order valence-electron chi connectivity index (χ4n) is 1.46. The van der Waals surface area contributed by atoms with E-state index >= 15 is 0 Å². The molecule has 0 saturated carbocycles. The molecule has 0 saturated heterocycles. The molecule has 0 spiro atoms. The van der Waals surface area contributed by atoms with Crippen LogP contribution in [-0.2, 0) is 18.4 Å². The molecule has 0 aromatic carbocycles. The maximum atomic E-state index is 11.8. The van der Waals surface area contributed by atoms with E-state index < -0.39 is 20.0 Å². The Hall–Kier alpha value is -0.760. The van der Waals surface area contributed by atoms with Gasteiger partial charge in [0.1, 0.15) is 13.2 Å². The third-order valence-electron chi connectivity index (χ3n) is 2.62. The molecule has 0 fully saturated rings. The monoisotopic (exact) mass is 339 g/mol. The minimum absolute atomic E-state index is 0.0551. The van der Waals surface area contributed by atoms with Crippen LogP contribution in [-0.4, -0.2) is 73.4 Å². The molecule has 0 aliphatic carbocycles. The first-order chi connectivity index (χ1) is 9.97. The number of phosphoric acid groups is 1. The molecule has 3 N–H and O–H groups in total. The minimum Gasteiger partial charge on any atom is -0.387 e. The van der Waals surface area contributed by atoms with Gasteiger partial charge in [-0.05, 0) is 6.92 Å². The largest absolute Gasteiger partial charge is 0.472 e. The smallest absolute Gasteiger partial charge is 0.387 e. The van der Waals surface area contributed by atoms with E-state index in [0.717, 1.165) is 0 Å². The third kappa shape index (κ3) is 10.9. The van der Waals surface area contributed by atoms with Gasteiger partial charge in [-0.2, -0.15) is 0 Å². The Morgan fingerprint density at radius 2 is 1.95 bits per heavy atom. The highest BCUT2D eigenvalue weighted by Gasteiger charge is 2.27. The highest BCUT2D eigenvalue weighted by molar-refractivity contribution is 7.47. The lowest BCUT2D eigenvalue weighted by Crippen LogP contribution is -2.44. The molecule has 0 radical (unpaired) electrons. The SMILES string of the molecule is C/C=C/[C@H](O)[C@H](COP(=O)(O)OCC[N+](C)(C)C)NC(C)=O. The van der Waals surface area contributed by atoms with Crippen LogP contribution < -0.4 is 5.32 Å². The second-order valence-electron chi connectivity index (χ2n) is 5.93. The first-order valence-corrected chi connectivity index (χ1v) is 8.46. The Labute approximate surface area is 131 Å². The average Bonchev–Trinajstić information content (AvgIpc) is 2.32. The Kier molecular flexibility index (Phi) is 9.07. The predicted octanol–water partition coefficient (Wildman–Crippen LogP) is 0.268. The van der Waals surface area contributed by atoms with Crippen LogP contribution >= 0.6 is 7.82 Å². The fraction of sp³-hybridized carbons (Fsp3) is 0.769. The van der Waals surface area contributed by atoms with Crippen molar-refractivity contribution in [2.45, 2.75) is 26.0 Å². The standard InChI is InChI=1S/C13H27N2O6P/c1-6-7-13(17)12(14-11(2)16)10-21-22(18,19)20-9-8-15(3,4)5/h6-7,12-13,17H,8-10H2,1-5H3,(H-,14,16,18,19)/p+1/b7-6+/t12-,13-/m0/s1. The summed E-state index contributed by atoms with van der Waals surface area (Å²) < 4.78 is 22.0. The second-order valence-corrected chi connectivity index (χ2v) is 7.39. The van der Waals surface area contributed by atoms with E-state index in [1.807, 2.05) is 21.1 Å². The van der Waals surface area contributed by atoms with Gasteiger partial charge in [-0.25, -0.2) is 4.57 Å². The van der Waals surface area contributed by atoms with Crippen LogP contribution in [0, 0.1) is 0 Å². The van der Waals surface area contributed by atoms with E-state index in [4.69, 9.17) is 9.05 Å². The van der Waals surface area contributed by atoms with Crippen LogP contribution in [0.3, 0.4) is 0 Å². The first kappa shape index (κ1) is 21.2. The molecule has 130 valence electrons. The van der Waals surface area contributed by atoms with Crippen molar-refractivity contribution in [3.63, 3.8) is 0 Å². The van der Waals surface area contributed by atoms with Crippen LogP contribution in [0.5, 0.6) is 0 Å². The van der Waals surface area contributed by atoms with E-state index in [9.17, 15) is 19.4 Å². The molecular formula is C13H28N2O6P+. The van der Waals surface area contributed by atoms with Crippen LogP contribution in [0.15, 0.2) is 12.2 Å². The number of carbonyl (C=O) groups excluding carboxylic acids is 1. The lowest BCUT2D eigenvalue weighted by Gasteiger charge is -2.25. The summed E-state index contributed by atoms with van der Waals surface area (Å²) in [7, 11) is 1.54. The van der Waals surface area contributed by atoms with Crippen molar-refractivity contribution >= 4 is 13.7 Å². The molecule has 0 aliphatic heterocycles. The Balaban J connectivity index is 4.48. The van der Waals surface area contributed by atoms with Gasteiger partial charge in [0, 0.05) is 6.92 Å². The van der Waals surface area contributed by atoms with Gasteiger partial charge in [-0.15, -0.1) is 0 Å².